The molecule has 2 N–H and O–H groups in total. The van der Waals surface area contributed by atoms with Gasteiger partial charge in [-0.1, -0.05) is 48.5 Å². The van der Waals surface area contributed by atoms with Crippen LogP contribution in [0.4, 0.5) is 13.6 Å². The predicted molar refractivity (Wildman–Crippen MR) is 194 cm³/mol. The summed E-state index contributed by atoms with van der Waals surface area (Å²) in [4.78, 5) is 63.2. The molecular weight excluding hydrogens is 682 g/mol. The van der Waals surface area contributed by atoms with Crippen LogP contribution in [0.5, 0.6) is 0 Å². The molecule has 1 saturated carbocycles. The number of nitrogens with zero attached hydrogens (tertiary/aromatic N) is 5. The minimum absolute atomic E-state index is 0.164. The summed E-state index contributed by atoms with van der Waals surface area (Å²) in [6.45, 7) is 3.84. The average Bonchev–Trinajstić information content (AvgIpc) is 3.40. The van der Waals surface area contributed by atoms with Gasteiger partial charge < -0.3 is 15.3 Å². The van der Waals surface area contributed by atoms with Crippen molar-refractivity contribution < 1.29 is 33.1 Å². The molecule has 1 aliphatic carbocycles. The number of aromatic nitrogens is 1. The zero-order valence-electron chi connectivity index (χ0n) is 29.9. The SMILES string of the molecule is O=C(N[C@@H](CCN1CCN(C(=O)O)[C@@H](CN(CCCCN2C(=O)c3ccccc3C2=O)Cc2ccccn2)C1)c1ccccc1)C1CCC(F)(F)CC1. The number of carbonyl (C=O) groups is 4. The van der Waals surface area contributed by atoms with Crippen LogP contribution in [0.2, 0.25) is 0 Å². The highest BCUT2D eigenvalue weighted by Crippen LogP contribution is 2.36. The molecule has 0 unspecified atom stereocenters. The lowest BCUT2D eigenvalue weighted by atomic mass is 9.86. The number of unbranched alkanes of at least 4 members (excludes halogenated alkanes) is 1. The van der Waals surface area contributed by atoms with Crippen LogP contribution >= 0.6 is 0 Å². The quantitative estimate of drug-likeness (QED) is 0.151. The number of alkyl halides is 2. The second kappa shape index (κ2) is 17.4. The molecule has 2 atom stereocenters. The molecule has 0 spiro atoms. The van der Waals surface area contributed by atoms with Crippen LogP contribution in [-0.2, 0) is 11.3 Å². The van der Waals surface area contributed by atoms with Gasteiger partial charge in [-0.15, -0.1) is 0 Å². The van der Waals surface area contributed by atoms with E-state index in [1.165, 1.54) is 9.80 Å². The fourth-order valence-electron chi connectivity index (χ4n) is 7.74. The Morgan fingerprint density at radius 3 is 2.25 bits per heavy atom. The number of imide groups is 1. The number of carboxylic acid groups (broad SMARTS) is 1. The summed E-state index contributed by atoms with van der Waals surface area (Å²) >= 11 is 0. The molecule has 282 valence electrons. The van der Waals surface area contributed by atoms with Crippen molar-refractivity contribution in [2.24, 2.45) is 5.92 Å². The molecule has 53 heavy (non-hydrogen) atoms. The molecule has 2 aromatic carbocycles. The van der Waals surface area contributed by atoms with Crippen LogP contribution < -0.4 is 5.32 Å². The van der Waals surface area contributed by atoms with Crippen molar-refractivity contribution in [3.63, 3.8) is 0 Å². The van der Waals surface area contributed by atoms with Gasteiger partial charge in [0.1, 0.15) is 0 Å². The van der Waals surface area contributed by atoms with Crippen LogP contribution in [-0.4, -0.2) is 111 Å². The Labute approximate surface area is 309 Å². The summed E-state index contributed by atoms with van der Waals surface area (Å²) in [7, 11) is 0. The fourth-order valence-corrected chi connectivity index (χ4v) is 7.74. The fraction of sp³-hybridized carbons (Fsp3) is 0.475. The van der Waals surface area contributed by atoms with Crippen molar-refractivity contribution in [3.05, 3.63) is 101 Å². The molecule has 3 heterocycles. The Balaban J connectivity index is 1.08. The van der Waals surface area contributed by atoms with E-state index >= 15 is 0 Å². The molecule has 3 aliphatic rings. The molecule has 0 radical (unpaired) electrons. The van der Waals surface area contributed by atoms with Gasteiger partial charge in [0.15, 0.2) is 0 Å². The third-order valence-electron chi connectivity index (χ3n) is 10.7. The summed E-state index contributed by atoms with van der Waals surface area (Å²) in [5.74, 6) is -3.90. The number of fused-ring (bicyclic) bond motifs is 1. The smallest absolute Gasteiger partial charge is 0.407 e. The van der Waals surface area contributed by atoms with Crippen molar-refractivity contribution in [3.8, 4) is 0 Å². The number of benzene rings is 2. The second-order valence-corrected chi connectivity index (χ2v) is 14.4. The summed E-state index contributed by atoms with van der Waals surface area (Å²) in [5.41, 5.74) is 2.65. The Hall–Kier alpha value is -4.75. The molecule has 2 fully saturated rings. The summed E-state index contributed by atoms with van der Waals surface area (Å²) < 4.78 is 27.6. The van der Waals surface area contributed by atoms with E-state index in [1.807, 2.05) is 48.5 Å². The van der Waals surface area contributed by atoms with E-state index in [9.17, 15) is 33.1 Å². The van der Waals surface area contributed by atoms with Crippen LogP contribution in [0, 0.1) is 5.92 Å². The first-order chi connectivity index (χ1) is 25.6. The van der Waals surface area contributed by atoms with E-state index in [0.29, 0.717) is 82.7 Å². The Morgan fingerprint density at radius 2 is 1.58 bits per heavy atom. The topological polar surface area (TPSA) is 126 Å². The highest BCUT2D eigenvalue weighted by atomic mass is 19.3. The number of hydrogen-bond acceptors (Lipinski definition) is 7. The van der Waals surface area contributed by atoms with Crippen LogP contribution in [0.25, 0.3) is 0 Å². The third kappa shape index (κ3) is 9.82. The molecule has 3 aromatic rings. The molecule has 13 heteroatoms. The van der Waals surface area contributed by atoms with E-state index in [2.05, 4.69) is 20.1 Å². The van der Waals surface area contributed by atoms with Crippen molar-refractivity contribution >= 4 is 23.8 Å². The molecule has 1 saturated heterocycles. The maximum absolute atomic E-state index is 13.8. The van der Waals surface area contributed by atoms with E-state index in [1.54, 1.807) is 30.5 Å². The number of nitrogens with one attached hydrogen (secondary N) is 1. The minimum Gasteiger partial charge on any atom is -0.465 e. The van der Waals surface area contributed by atoms with Gasteiger partial charge in [-0.05, 0) is 68.5 Å². The first-order valence-corrected chi connectivity index (χ1v) is 18.6. The largest absolute Gasteiger partial charge is 0.465 e. The van der Waals surface area contributed by atoms with Gasteiger partial charge in [0.05, 0.1) is 28.9 Å². The van der Waals surface area contributed by atoms with Gasteiger partial charge in [-0.2, -0.15) is 0 Å². The first kappa shape index (κ1) is 38.0. The maximum Gasteiger partial charge on any atom is 0.407 e. The molecular formula is C40H48F2N6O5. The van der Waals surface area contributed by atoms with Gasteiger partial charge in [-0.3, -0.25) is 34.1 Å². The first-order valence-electron chi connectivity index (χ1n) is 18.6. The van der Waals surface area contributed by atoms with E-state index < -0.39 is 17.9 Å². The van der Waals surface area contributed by atoms with Crippen LogP contribution in [0.3, 0.4) is 0 Å². The lowest BCUT2D eigenvalue weighted by Gasteiger charge is -2.42. The van der Waals surface area contributed by atoms with Crippen molar-refractivity contribution in [2.75, 3.05) is 45.8 Å². The zero-order valence-corrected chi connectivity index (χ0v) is 29.9. The Kier molecular flexibility index (Phi) is 12.5. The third-order valence-corrected chi connectivity index (χ3v) is 10.7. The molecule has 6 rings (SSSR count). The molecule has 1 aromatic heterocycles. The highest BCUT2D eigenvalue weighted by molar-refractivity contribution is 6.21. The van der Waals surface area contributed by atoms with Gasteiger partial charge in [0.2, 0.25) is 11.8 Å². The number of halogens is 2. The summed E-state index contributed by atoms with van der Waals surface area (Å²) in [6, 6.07) is 21.5. The van der Waals surface area contributed by atoms with Crippen LogP contribution in [0.15, 0.2) is 79.0 Å². The highest BCUT2D eigenvalue weighted by Gasteiger charge is 2.38. The molecule has 2 aliphatic heterocycles. The van der Waals surface area contributed by atoms with E-state index in [4.69, 9.17) is 0 Å². The monoisotopic (exact) mass is 730 g/mol. The van der Waals surface area contributed by atoms with Crippen molar-refractivity contribution in [1.82, 2.24) is 29.9 Å². The van der Waals surface area contributed by atoms with Gasteiger partial charge >= 0.3 is 6.09 Å². The minimum atomic E-state index is -2.71. The standard InChI is InChI=1S/C40H48F2N6O5/c41-40(42)18-15-30(16-19-40)36(49)44-35(29-10-2-1-3-11-29)17-23-45-24-25-47(39(52)53)32(27-45)28-46(26-31-12-6-7-20-43-31)21-8-9-22-48-37(50)33-13-4-5-14-34(33)38(48)51/h1-7,10-14,20,30,32,35H,8-9,15-19,21-28H2,(H,44,49)(H,52,53)/t32-,35+/m1/s1. The second-order valence-electron chi connectivity index (χ2n) is 14.4. The van der Waals surface area contributed by atoms with E-state index in [0.717, 1.165) is 11.3 Å². The Bertz CT molecular complexity index is 1690. The Morgan fingerprint density at radius 1 is 0.906 bits per heavy atom. The zero-order chi connectivity index (χ0) is 37.4. The molecule has 11 nitrogen and oxygen atoms in total. The van der Waals surface area contributed by atoms with Crippen LogP contribution in [0.1, 0.15) is 83.0 Å². The lowest BCUT2D eigenvalue weighted by molar-refractivity contribution is -0.130. The van der Waals surface area contributed by atoms with Crippen molar-refractivity contribution in [2.45, 2.75) is 69.5 Å². The lowest BCUT2D eigenvalue weighted by Crippen LogP contribution is -2.58. The molecule has 4 amide bonds. The number of carbonyl (C=O) groups excluding carboxylic acids is 3. The van der Waals surface area contributed by atoms with Gasteiger partial charge in [0.25, 0.3) is 11.8 Å². The molecule has 0 bridgehead atoms. The number of hydrogen-bond donors (Lipinski definition) is 2. The van der Waals surface area contributed by atoms with E-state index in [-0.39, 0.29) is 55.5 Å². The maximum atomic E-state index is 13.8. The number of piperazine rings is 1. The average molecular weight is 731 g/mol. The predicted octanol–water partition coefficient (Wildman–Crippen LogP) is 5.70. The normalized spacial score (nSPS) is 19.7. The summed E-state index contributed by atoms with van der Waals surface area (Å²) in [6.07, 6.45) is 2.38. The van der Waals surface area contributed by atoms with Crippen molar-refractivity contribution in [1.29, 1.82) is 0 Å². The van der Waals surface area contributed by atoms with Gasteiger partial charge in [0, 0.05) is 70.8 Å². The number of pyridine rings is 1. The summed E-state index contributed by atoms with van der Waals surface area (Å²) in [5, 5.41) is 13.3. The number of rotatable bonds is 15. The number of amides is 4. The van der Waals surface area contributed by atoms with Gasteiger partial charge in [-0.25, -0.2) is 13.6 Å².